The maximum absolute atomic E-state index is 12.2. The van der Waals surface area contributed by atoms with Gasteiger partial charge in [-0.25, -0.2) is 9.97 Å². The van der Waals surface area contributed by atoms with Crippen LogP contribution in [0.1, 0.15) is 16.1 Å². The number of carbonyl (C=O) groups excluding carboxylic acids is 1. The minimum Gasteiger partial charge on any atom is -0.367 e. The van der Waals surface area contributed by atoms with E-state index < -0.39 is 0 Å². The lowest BCUT2D eigenvalue weighted by atomic mass is 10.3. The quantitative estimate of drug-likeness (QED) is 0.577. The molecule has 0 saturated carbocycles. The monoisotopic (exact) mass is 433 g/mol. The van der Waals surface area contributed by atoms with Gasteiger partial charge in [0, 0.05) is 34.5 Å². The molecule has 0 saturated heterocycles. The Bertz CT molecular complexity index is 931. The lowest BCUT2D eigenvalue weighted by molar-refractivity contribution is 0.0951. The molecule has 0 aliphatic rings. The number of nitriles is 1. The first kappa shape index (κ1) is 17.5. The average molecular weight is 434 g/mol. The highest BCUT2D eigenvalue weighted by molar-refractivity contribution is 9.10. The molecule has 9 heteroatoms. The van der Waals surface area contributed by atoms with Gasteiger partial charge in [0.2, 0.25) is 0 Å². The first-order valence-corrected chi connectivity index (χ1v) is 9.79. The van der Waals surface area contributed by atoms with Crippen LogP contribution in [0.5, 0.6) is 0 Å². The summed E-state index contributed by atoms with van der Waals surface area (Å²) in [5.74, 6) is 0.292. The van der Waals surface area contributed by atoms with Crippen molar-refractivity contribution >= 4 is 50.3 Å². The molecule has 3 rings (SSSR count). The molecule has 0 bridgehead atoms. The second-order valence-electron chi connectivity index (χ2n) is 4.86. The minimum atomic E-state index is -0.221. The Kier molecular flexibility index (Phi) is 5.75. The van der Waals surface area contributed by atoms with E-state index in [2.05, 4.69) is 42.6 Å². The van der Waals surface area contributed by atoms with Gasteiger partial charge >= 0.3 is 0 Å². The summed E-state index contributed by atoms with van der Waals surface area (Å²) in [6, 6.07) is 7.44. The van der Waals surface area contributed by atoms with Crippen molar-refractivity contribution in [2.75, 3.05) is 18.4 Å². The third kappa shape index (κ3) is 4.42. The Balaban J connectivity index is 1.52. The van der Waals surface area contributed by atoms with Crippen molar-refractivity contribution in [3.8, 4) is 16.0 Å². The van der Waals surface area contributed by atoms with Gasteiger partial charge in [-0.1, -0.05) is 0 Å². The number of aromatic nitrogens is 2. The number of rotatable bonds is 6. The minimum absolute atomic E-state index is 0.221. The number of amides is 1. The molecule has 0 atom stereocenters. The molecule has 0 aromatic carbocycles. The molecule has 3 aromatic rings. The summed E-state index contributed by atoms with van der Waals surface area (Å²) in [6.45, 7) is 0.865. The average Bonchev–Trinajstić information content (AvgIpc) is 3.28. The number of halogens is 1. The van der Waals surface area contributed by atoms with Crippen LogP contribution in [-0.4, -0.2) is 29.0 Å². The van der Waals surface area contributed by atoms with E-state index in [-0.39, 0.29) is 5.91 Å². The molecular formula is C16H12BrN5OS2. The van der Waals surface area contributed by atoms with E-state index in [0.29, 0.717) is 30.2 Å². The van der Waals surface area contributed by atoms with E-state index in [4.69, 9.17) is 5.26 Å². The zero-order valence-corrected chi connectivity index (χ0v) is 16.0. The van der Waals surface area contributed by atoms with E-state index in [0.717, 1.165) is 14.4 Å². The van der Waals surface area contributed by atoms with Crippen LogP contribution in [0.25, 0.3) is 9.88 Å². The molecule has 0 spiro atoms. The molecular weight excluding hydrogens is 422 g/mol. The van der Waals surface area contributed by atoms with E-state index in [9.17, 15) is 4.79 Å². The van der Waals surface area contributed by atoms with Crippen LogP contribution in [0.4, 0.5) is 5.82 Å². The summed E-state index contributed by atoms with van der Waals surface area (Å²) >= 11 is 6.43. The number of pyridine rings is 1. The zero-order valence-electron chi connectivity index (χ0n) is 12.8. The smallest absolute Gasteiger partial charge is 0.270 e. The lowest BCUT2D eigenvalue weighted by Crippen LogP contribution is -2.29. The third-order valence-corrected chi connectivity index (χ3v) is 5.85. The molecule has 25 heavy (non-hydrogen) atoms. The highest BCUT2D eigenvalue weighted by atomic mass is 79.9. The SMILES string of the molecule is N#Cc1cccnc1NCCNC(=O)c1csc(-c2cc(Br)cs2)n1. The number of anilines is 1. The molecule has 3 heterocycles. The molecule has 0 aliphatic carbocycles. The largest absolute Gasteiger partial charge is 0.367 e. The van der Waals surface area contributed by atoms with Crippen LogP contribution in [0.15, 0.2) is 39.6 Å². The Morgan fingerprint density at radius 3 is 2.96 bits per heavy atom. The third-order valence-electron chi connectivity index (χ3n) is 3.15. The summed E-state index contributed by atoms with van der Waals surface area (Å²) < 4.78 is 1.01. The number of nitrogens with one attached hydrogen (secondary N) is 2. The fourth-order valence-electron chi connectivity index (χ4n) is 2.00. The molecule has 2 N–H and O–H groups in total. The van der Waals surface area contributed by atoms with E-state index in [1.165, 1.54) is 11.3 Å². The number of hydrogen-bond donors (Lipinski definition) is 2. The highest BCUT2D eigenvalue weighted by Crippen LogP contribution is 2.31. The molecule has 0 unspecified atom stereocenters. The molecule has 126 valence electrons. The van der Waals surface area contributed by atoms with Gasteiger partial charge in [0.25, 0.3) is 5.91 Å². The molecule has 0 aliphatic heterocycles. The Morgan fingerprint density at radius 2 is 2.20 bits per heavy atom. The topological polar surface area (TPSA) is 90.7 Å². The predicted molar refractivity (Wildman–Crippen MR) is 103 cm³/mol. The number of carbonyl (C=O) groups is 1. The Morgan fingerprint density at radius 1 is 1.32 bits per heavy atom. The van der Waals surface area contributed by atoms with Crippen LogP contribution in [-0.2, 0) is 0 Å². The van der Waals surface area contributed by atoms with E-state index >= 15 is 0 Å². The molecule has 0 fully saturated rings. The predicted octanol–water partition coefficient (Wildman–Crippen LogP) is 3.74. The summed E-state index contributed by atoms with van der Waals surface area (Å²) in [5, 5.41) is 19.4. The van der Waals surface area contributed by atoms with E-state index in [1.807, 2.05) is 11.4 Å². The molecule has 0 radical (unpaired) electrons. The summed E-state index contributed by atoms with van der Waals surface area (Å²) in [7, 11) is 0. The Hall–Kier alpha value is -2.28. The molecule has 3 aromatic heterocycles. The van der Waals surface area contributed by atoms with Crippen molar-refractivity contribution in [1.29, 1.82) is 5.26 Å². The van der Waals surface area contributed by atoms with Crippen LogP contribution in [0, 0.1) is 11.3 Å². The first-order valence-electron chi connectivity index (χ1n) is 7.24. The number of thiazole rings is 1. The molecule has 1 amide bonds. The summed E-state index contributed by atoms with van der Waals surface area (Å²) in [4.78, 5) is 21.7. The van der Waals surface area contributed by atoms with Crippen LogP contribution in [0.3, 0.4) is 0 Å². The van der Waals surface area contributed by atoms with Gasteiger partial charge in [-0.2, -0.15) is 5.26 Å². The number of thiophene rings is 1. The normalized spacial score (nSPS) is 10.2. The van der Waals surface area contributed by atoms with Gasteiger partial charge in [-0.05, 0) is 34.1 Å². The molecule has 6 nitrogen and oxygen atoms in total. The fourth-order valence-corrected chi connectivity index (χ4v) is 4.31. The summed E-state index contributed by atoms with van der Waals surface area (Å²) in [6.07, 6.45) is 1.61. The second-order valence-corrected chi connectivity index (χ2v) is 7.55. The maximum atomic E-state index is 12.2. The standard InChI is InChI=1S/C16H12BrN5OS2/c17-11-6-13(24-8-11)16-22-12(9-25-16)15(23)21-5-4-20-14-10(7-18)2-1-3-19-14/h1-3,6,8-9H,4-5H2,(H,19,20)(H,21,23). The maximum Gasteiger partial charge on any atom is 0.270 e. The van der Waals surface area contributed by atoms with Crippen molar-refractivity contribution in [2.45, 2.75) is 0 Å². The number of hydrogen-bond acceptors (Lipinski definition) is 7. The van der Waals surface area contributed by atoms with Crippen molar-refractivity contribution in [2.24, 2.45) is 0 Å². The van der Waals surface area contributed by atoms with Crippen LogP contribution < -0.4 is 10.6 Å². The van der Waals surface area contributed by atoms with Crippen molar-refractivity contribution < 1.29 is 4.79 Å². The van der Waals surface area contributed by atoms with Gasteiger partial charge in [0.05, 0.1) is 10.4 Å². The Labute approximate surface area is 160 Å². The first-order chi connectivity index (χ1) is 12.2. The van der Waals surface area contributed by atoms with Crippen molar-refractivity contribution in [3.05, 3.63) is 50.9 Å². The van der Waals surface area contributed by atoms with Gasteiger partial charge in [-0.15, -0.1) is 22.7 Å². The van der Waals surface area contributed by atoms with E-state index in [1.54, 1.807) is 35.0 Å². The second kappa shape index (κ2) is 8.20. The fraction of sp³-hybridized carbons (Fsp3) is 0.125. The zero-order chi connectivity index (χ0) is 17.6. The van der Waals surface area contributed by atoms with Crippen LogP contribution >= 0.6 is 38.6 Å². The van der Waals surface area contributed by atoms with Gasteiger partial charge in [0.1, 0.15) is 22.6 Å². The van der Waals surface area contributed by atoms with Gasteiger partial charge in [-0.3, -0.25) is 4.79 Å². The van der Waals surface area contributed by atoms with Gasteiger partial charge < -0.3 is 10.6 Å². The van der Waals surface area contributed by atoms with Crippen molar-refractivity contribution in [3.63, 3.8) is 0 Å². The number of nitrogens with zero attached hydrogens (tertiary/aromatic N) is 3. The van der Waals surface area contributed by atoms with Crippen LogP contribution in [0.2, 0.25) is 0 Å². The highest BCUT2D eigenvalue weighted by Gasteiger charge is 2.12. The summed E-state index contributed by atoms with van der Waals surface area (Å²) in [5.41, 5.74) is 0.875. The lowest BCUT2D eigenvalue weighted by Gasteiger charge is -2.07. The van der Waals surface area contributed by atoms with Crippen molar-refractivity contribution in [1.82, 2.24) is 15.3 Å². The van der Waals surface area contributed by atoms with Gasteiger partial charge in [0.15, 0.2) is 0 Å².